The maximum atomic E-state index is 11.7. The Morgan fingerprint density at radius 2 is 1.88 bits per heavy atom. The van der Waals surface area contributed by atoms with E-state index < -0.39 is 0 Å². The van der Waals surface area contributed by atoms with Gasteiger partial charge in [0.05, 0.1) is 6.54 Å². The maximum absolute atomic E-state index is 11.7. The van der Waals surface area contributed by atoms with E-state index in [9.17, 15) is 9.59 Å². The molecule has 0 aromatic carbocycles. The molecule has 98 valence electrons. The van der Waals surface area contributed by atoms with Crippen LogP contribution < -0.4 is 10.6 Å². The van der Waals surface area contributed by atoms with Gasteiger partial charge in [0, 0.05) is 25.6 Å². The minimum atomic E-state index is 0.0995. The minimum Gasteiger partial charge on any atom is -0.353 e. The van der Waals surface area contributed by atoms with Crippen molar-refractivity contribution in [3.05, 3.63) is 0 Å². The highest BCUT2D eigenvalue weighted by Crippen LogP contribution is 2.10. The molecule has 2 N–H and O–H groups in total. The summed E-state index contributed by atoms with van der Waals surface area (Å²) < 4.78 is 0. The normalized spacial score (nSPS) is 16.9. The van der Waals surface area contributed by atoms with Crippen LogP contribution in [0.15, 0.2) is 0 Å². The second kappa shape index (κ2) is 7.27. The van der Waals surface area contributed by atoms with Crippen LogP contribution in [0.5, 0.6) is 0 Å². The van der Waals surface area contributed by atoms with Crippen LogP contribution in [0.1, 0.15) is 33.1 Å². The van der Waals surface area contributed by atoms with E-state index >= 15 is 0 Å². The standard InChI is InChI=1S/C12H23N3O2/c1-3-11(16)14-10-5-7-15(8-6-10)12(17)9-13-4-2/h10,13H,3-9H2,1-2H3,(H,14,16). The molecule has 0 aliphatic carbocycles. The van der Waals surface area contributed by atoms with Gasteiger partial charge in [-0.25, -0.2) is 0 Å². The number of rotatable bonds is 5. The third-order valence-corrected chi connectivity index (χ3v) is 3.06. The third-order valence-electron chi connectivity index (χ3n) is 3.06. The molecule has 0 aromatic heterocycles. The van der Waals surface area contributed by atoms with E-state index in [4.69, 9.17) is 0 Å². The summed E-state index contributed by atoms with van der Waals surface area (Å²) in [5.74, 6) is 0.259. The van der Waals surface area contributed by atoms with Gasteiger partial charge in [0.15, 0.2) is 0 Å². The smallest absolute Gasteiger partial charge is 0.236 e. The number of carbonyl (C=O) groups is 2. The Morgan fingerprint density at radius 3 is 2.41 bits per heavy atom. The van der Waals surface area contributed by atoms with Gasteiger partial charge in [-0.3, -0.25) is 9.59 Å². The number of hydrogen-bond donors (Lipinski definition) is 2. The second-order valence-corrected chi connectivity index (χ2v) is 4.36. The lowest BCUT2D eigenvalue weighted by Crippen LogP contribution is -2.48. The second-order valence-electron chi connectivity index (χ2n) is 4.36. The molecule has 1 heterocycles. The first kappa shape index (κ1) is 14.0. The monoisotopic (exact) mass is 241 g/mol. The molecular weight excluding hydrogens is 218 g/mol. The van der Waals surface area contributed by atoms with Gasteiger partial charge in [0.1, 0.15) is 0 Å². The van der Waals surface area contributed by atoms with Crippen LogP contribution in [-0.2, 0) is 9.59 Å². The number of hydrogen-bond acceptors (Lipinski definition) is 3. The number of nitrogens with zero attached hydrogens (tertiary/aromatic N) is 1. The summed E-state index contributed by atoms with van der Waals surface area (Å²) in [7, 11) is 0. The van der Waals surface area contributed by atoms with E-state index in [1.54, 1.807) is 0 Å². The number of likely N-dealkylation sites (tertiary alicyclic amines) is 1. The molecule has 17 heavy (non-hydrogen) atoms. The summed E-state index contributed by atoms with van der Waals surface area (Å²) in [5.41, 5.74) is 0. The van der Waals surface area contributed by atoms with Gasteiger partial charge in [-0.05, 0) is 19.4 Å². The summed E-state index contributed by atoms with van der Waals surface area (Å²) in [6, 6.07) is 0.241. The number of amides is 2. The van der Waals surface area contributed by atoms with Crippen LogP contribution in [0.4, 0.5) is 0 Å². The molecule has 1 aliphatic rings. The Morgan fingerprint density at radius 1 is 1.24 bits per heavy atom. The van der Waals surface area contributed by atoms with Gasteiger partial charge in [0.2, 0.25) is 11.8 Å². The Labute approximate surface area is 103 Å². The molecule has 0 radical (unpaired) electrons. The fraction of sp³-hybridized carbons (Fsp3) is 0.833. The zero-order valence-corrected chi connectivity index (χ0v) is 10.8. The average molecular weight is 241 g/mol. The summed E-state index contributed by atoms with van der Waals surface area (Å²) in [6.07, 6.45) is 2.26. The lowest BCUT2D eigenvalue weighted by molar-refractivity contribution is -0.131. The van der Waals surface area contributed by atoms with Crippen LogP contribution in [0.3, 0.4) is 0 Å². The van der Waals surface area contributed by atoms with Gasteiger partial charge in [-0.1, -0.05) is 13.8 Å². The quantitative estimate of drug-likeness (QED) is 0.718. The fourth-order valence-corrected chi connectivity index (χ4v) is 1.95. The van der Waals surface area contributed by atoms with Crippen molar-refractivity contribution in [1.82, 2.24) is 15.5 Å². The van der Waals surface area contributed by atoms with E-state index in [2.05, 4.69) is 10.6 Å². The molecule has 0 spiro atoms. The first-order valence-electron chi connectivity index (χ1n) is 6.45. The van der Waals surface area contributed by atoms with E-state index in [0.717, 1.165) is 32.5 Å². The predicted octanol–water partition coefficient (Wildman–Crippen LogP) is 0.113. The first-order chi connectivity index (χ1) is 8.17. The van der Waals surface area contributed by atoms with Gasteiger partial charge < -0.3 is 15.5 Å². The van der Waals surface area contributed by atoms with Crippen LogP contribution >= 0.6 is 0 Å². The highest BCUT2D eigenvalue weighted by Gasteiger charge is 2.22. The molecule has 2 amide bonds. The van der Waals surface area contributed by atoms with Crippen molar-refractivity contribution in [1.29, 1.82) is 0 Å². The lowest BCUT2D eigenvalue weighted by atomic mass is 10.0. The van der Waals surface area contributed by atoms with Crippen LogP contribution in [0, 0.1) is 0 Å². The topological polar surface area (TPSA) is 61.4 Å². The Hall–Kier alpha value is -1.10. The average Bonchev–Trinajstić information content (AvgIpc) is 2.36. The van der Waals surface area contributed by atoms with Crippen molar-refractivity contribution in [2.45, 2.75) is 39.2 Å². The number of nitrogens with one attached hydrogen (secondary N) is 2. The van der Waals surface area contributed by atoms with E-state index in [0.29, 0.717) is 13.0 Å². The maximum Gasteiger partial charge on any atom is 0.236 e. The first-order valence-corrected chi connectivity index (χ1v) is 6.45. The van der Waals surface area contributed by atoms with Crippen LogP contribution in [-0.4, -0.2) is 48.9 Å². The molecule has 1 saturated heterocycles. The molecule has 1 rings (SSSR count). The van der Waals surface area contributed by atoms with Crippen molar-refractivity contribution in [2.75, 3.05) is 26.2 Å². The predicted molar refractivity (Wildman–Crippen MR) is 66.6 cm³/mol. The van der Waals surface area contributed by atoms with Gasteiger partial charge in [-0.2, -0.15) is 0 Å². The van der Waals surface area contributed by atoms with E-state index in [-0.39, 0.29) is 17.9 Å². The SMILES string of the molecule is CCNCC(=O)N1CCC(NC(=O)CC)CC1. The minimum absolute atomic E-state index is 0.0995. The van der Waals surface area contributed by atoms with Crippen molar-refractivity contribution in [3.63, 3.8) is 0 Å². The molecule has 0 saturated carbocycles. The third kappa shape index (κ3) is 4.73. The molecule has 0 unspecified atom stereocenters. The molecular formula is C12H23N3O2. The number of carbonyl (C=O) groups excluding carboxylic acids is 2. The van der Waals surface area contributed by atoms with Crippen molar-refractivity contribution in [2.24, 2.45) is 0 Å². The Bertz CT molecular complexity index is 260. The summed E-state index contributed by atoms with van der Waals surface area (Å²) >= 11 is 0. The largest absolute Gasteiger partial charge is 0.353 e. The van der Waals surface area contributed by atoms with Crippen molar-refractivity contribution < 1.29 is 9.59 Å². The van der Waals surface area contributed by atoms with Crippen molar-refractivity contribution >= 4 is 11.8 Å². The summed E-state index contributed by atoms with van der Waals surface area (Å²) in [6.45, 7) is 6.57. The summed E-state index contributed by atoms with van der Waals surface area (Å²) in [5, 5.41) is 6.02. The van der Waals surface area contributed by atoms with Gasteiger partial charge >= 0.3 is 0 Å². The zero-order valence-electron chi connectivity index (χ0n) is 10.8. The van der Waals surface area contributed by atoms with E-state index in [1.165, 1.54) is 0 Å². The molecule has 5 nitrogen and oxygen atoms in total. The fourth-order valence-electron chi connectivity index (χ4n) is 1.95. The highest BCUT2D eigenvalue weighted by atomic mass is 16.2. The molecule has 0 bridgehead atoms. The molecule has 0 atom stereocenters. The Balaban J connectivity index is 2.25. The number of piperidine rings is 1. The molecule has 1 fully saturated rings. The zero-order chi connectivity index (χ0) is 12.7. The van der Waals surface area contributed by atoms with Crippen LogP contribution in [0.2, 0.25) is 0 Å². The van der Waals surface area contributed by atoms with Crippen molar-refractivity contribution in [3.8, 4) is 0 Å². The highest BCUT2D eigenvalue weighted by molar-refractivity contribution is 5.78. The summed E-state index contributed by atoms with van der Waals surface area (Å²) in [4.78, 5) is 24.8. The van der Waals surface area contributed by atoms with Crippen LogP contribution in [0.25, 0.3) is 0 Å². The molecule has 1 aliphatic heterocycles. The van der Waals surface area contributed by atoms with Gasteiger partial charge in [0.25, 0.3) is 0 Å². The van der Waals surface area contributed by atoms with Gasteiger partial charge in [-0.15, -0.1) is 0 Å². The molecule has 0 aromatic rings. The molecule has 5 heteroatoms. The lowest BCUT2D eigenvalue weighted by Gasteiger charge is -2.32. The van der Waals surface area contributed by atoms with E-state index in [1.807, 2.05) is 18.7 Å². The Kier molecular flexibility index (Phi) is 5.97. The number of likely N-dealkylation sites (N-methyl/N-ethyl adjacent to an activating group) is 1.